The molecule has 0 aliphatic carbocycles. The molecule has 0 saturated carbocycles. The Kier molecular flexibility index (Phi) is 9.46. The molecule has 0 saturated heterocycles. The smallest absolute Gasteiger partial charge is 0.355 e. The van der Waals surface area contributed by atoms with E-state index in [-0.39, 0.29) is 51.3 Å². The van der Waals surface area contributed by atoms with Crippen LogP contribution >= 0.6 is 0 Å². The van der Waals surface area contributed by atoms with Crippen LogP contribution in [0.3, 0.4) is 0 Å². The summed E-state index contributed by atoms with van der Waals surface area (Å²) in [6, 6.07) is 0. The Morgan fingerprint density at radius 3 is 2.22 bits per heavy atom. The number of aromatic nitrogens is 1. The van der Waals surface area contributed by atoms with Crippen molar-refractivity contribution in [1.82, 2.24) is 4.98 Å². The van der Waals surface area contributed by atoms with Gasteiger partial charge in [0.15, 0.2) is 0 Å². The zero-order chi connectivity index (χ0) is 20.2. The quantitative estimate of drug-likeness (QED) is 0.205. The number of ether oxygens (including phenoxy) is 3. The Labute approximate surface area is 156 Å². The second-order valence-electron chi connectivity index (χ2n) is 5.33. The highest BCUT2D eigenvalue weighted by Gasteiger charge is 2.25. The predicted octanol–water partition coefficient (Wildman–Crippen LogP) is 2.60. The highest BCUT2D eigenvalue weighted by Crippen LogP contribution is 2.24. The molecule has 10 heteroatoms. The standard InChI is InChI=1S/C17H24N4O6/c1-4-25-14(22)8-7-11-12(9-15(23)26-5-2)13(10-19-21-18)20-16(11)17(24)27-6-3/h20H,4-10H2,1-3H3. The molecule has 0 bridgehead atoms. The number of nitrogens with zero attached hydrogens (tertiary/aromatic N) is 3. The molecule has 1 aromatic heterocycles. The van der Waals surface area contributed by atoms with Crippen molar-refractivity contribution in [3.8, 4) is 0 Å². The predicted molar refractivity (Wildman–Crippen MR) is 94.9 cm³/mol. The highest BCUT2D eigenvalue weighted by molar-refractivity contribution is 5.91. The number of nitrogens with one attached hydrogen (secondary N) is 1. The van der Waals surface area contributed by atoms with Crippen molar-refractivity contribution < 1.29 is 28.6 Å². The molecule has 0 fully saturated rings. The maximum Gasteiger partial charge on any atom is 0.355 e. The highest BCUT2D eigenvalue weighted by atomic mass is 16.5. The van der Waals surface area contributed by atoms with Crippen molar-refractivity contribution in [1.29, 1.82) is 0 Å². The zero-order valence-electron chi connectivity index (χ0n) is 15.7. The fourth-order valence-electron chi connectivity index (χ4n) is 2.56. The summed E-state index contributed by atoms with van der Waals surface area (Å²) in [5, 5.41) is 3.49. The Bertz CT molecular complexity index is 721. The van der Waals surface area contributed by atoms with Crippen LogP contribution in [0, 0.1) is 0 Å². The van der Waals surface area contributed by atoms with Gasteiger partial charge in [-0.15, -0.1) is 0 Å². The van der Waals surface area contributed by atoms with Crippen LogP contribution in [-0.4, -0.2) is 42.7 Å². The van der Waals surface area contributed by atoms with Crippen molar-refractivity contribution in [3.05, 3.63) is 33.0 Å². The SMILES string of the molecule is CCOC(=O)CCc1c(C(=O)OCC)[nH]c(CN=[N+]=[N-])c1CC(=O)OCC. The van der Waals surface area contributed by atoms with E-state index in [4.69, 9.17) is 19.7 Å². The topological polar surface area (TPSA) is 143 Å². The van der Waals surface area contributed by atoms with Crippen LogP contribution in [0.2, 0.25) is 0 Å². The molecule has 0 amide bonds. The number of aromatic amines is 1. The molecule has 27 heavy (non-hydrogen) atoms. The van der Waals surface area contributed by atoms with Crippen molar-refractivity contribution >= 4 is 17.9 Å². The summed E-state index contributed by atoms with van der Waals surface area (Å²) in [5.41, 5.74) is 10.0. The summed E-state index contributed by atoms with van der Waals surface area (Å²) in [4.78, 5) is 41.6. The first-order valence-electron chi connectivity index (χ1n) is 8.70. The average molecular weight is 380 g/mol. The molecule has 0 aromatic carbocycles. The fraction of sp³-hybridized carbons (Fsp3) is 0.588. The molecule has 10 nitrogen and oxygen atoms in total. The summed E-state index contributed by atoms with van der Waals surface area (Å²) in [6.07, 6.45) is 0.0571. The Morgan fingerprint density at radius 2 is 1.63 bits per heavy atom. The van der Waals surface area contributed by atoms with Gasteiger partial charge in [-0.3, -0.25) is 9.59 Å². The van der Waals surface area contributed by atoms with Crippen LogP contribution in [0.4, 0.5) is 0 Å². The zero-order valence-corrected chi connectivity index (χ0v) is 15.7. The van der Waals surface area contributed by atoms with Gasteiger partial charge in [-0.25, -0.2) is 4.79 Å². The summed E-state index contributed by atoms with van der Waals surface area (Å²) in [6.45, 7) is 5.57. The molecule has 1 aromatic rings. The van der Waals surface area contributed by atoms with Gasteiger partial charge in [-0.1, -0.05) is 5.11 Å². The average Bonchev–Trinajstić information content (AvgIpc) is 2.96. The molecule has 1 N–H and O–H groups in total. The van der Waals surface area contributed by atoms with Crippen molar-refractivity contribution in [2.45, 2.75) is 46.6 Å². The van der Waals surface area contributed by atoms with Crippen LogP contribution in [-0.2, 0) is 43.2 Å². The number of carbonyl (C=O) groups is 3. The molecule has 1 rings (SSSR count). The second kappa shape index (κ2) is 11.6. The molecule has 0 spiro atoms. The van der Waals surface area contributed by atoms with Crippen LogP contribution < -0.4 is 0 Å². The fourth-order valence-corrected chi connectivity index (χ4v) is 2.56. The van der Waals surface area contributed by atoms with Crippen LogP contribution in [0.1, 0.15) is 54.5 Å². The second-order valence-corrected chi connectivity index (χ2v) is 5.33. The summed E-state index contributed by atoms with van der Waals surface area (Å²) in [7, 11) is 0. The van der Waals surface area contributed by atoms with E-state index in [0.29, 0.717) is 16.8 Å². The van der Waals surface area contributed by atoms with Gasteiger partial charge < -0.3 is 19.2 Å². The summed E-state index contributed by atoms with van der Waals surface area (Å²) in [5.74, 6) is -1.53. The number of hydrogen-bond acceptors (Lipinski definition) is 7. The van der Waals surface area contributed by atoms with E-state index in [1.54, 1.807) is 20.8 Å². The first-order chi connectivity index (χ1) is 13.0. The maximum atomic E-state index is 12.3. The van der Waals surface area contributed by atoms with E-state index in [1.165, 1.54) is 0 Å². The van der Waals surface area contributed by atoms with Gasteiger partial charge in [0.05, 0.1) is 32.8 Å². The largest absolute Gasteiger partial charge is 0.466 e. The van der Waals surface area contributed by atoms with E-state index in [0.717, 1.165) is 0 Å². The monoisotopic (exact) mass is 380 g/mol. The van der Waals surface area contributed by atoms with Gasteiger partial charge in [0.2, 0.25) is 0 Å². The van der Waals surface area contributed by atoms with Crippen LogP contribution in [0.5, 0.6) is 0 Å². The van der Waals surface area contributed by atoms with Gasteiger partial charge in [0.25, 0.3) is 0 Å². The molecule has 0 aliphatic heterocycles. The number of hydrogen-bond donors (Lipinski definition) is 1. The Balaban J connectivity index is 3.31. The molecule has 0 unspecified atom stereocenters. The summed E-state index contributed by atoms with van der Waals surface area (Å²) < 4.78 is 14.9. The maximum absolute atomic E-state index is 12.3. The van der Waals surface area contributed by atoms with Gasteiger partial charge in [-0.2, -0.15) is 0 Å². The van der Waals surface area contributed by atoms with Crippen molar-refractivity contribution in [2.24, 2.45) is 5.11 Å². The van der Waals surface area contributed by atoms with E-state index in [2.05, 4.69) is 15.0 Å². The van der Waals surface area contributed by atoms with Gasteiger partial charge in [0, 0.05) is 17.0 Å². The molecule has 0 aliphatic rings. The summed E-state index contributed by atoms with van der Waals surface area (Å²) >= 11 is 0. The number of esters is 3. The Hall–Kier alpha value is -3.00. The lowest BCUT2D eigenvalue weighted by atomic mass is 10.0. The molecule has 0 atom stereocenters. The molecule has 0 radical (unpaired) electrons. The third-order valence-electron chi connectivity index (χ3n) is 3.59. The van der Waals surface area contributed by atoms with Gasteiger partial charge in [-0.05, 0) is 43.9 Å². The van der Waals surface area contributed by atoms with Crippen LogP contribution in [0.25, 0.3) is 10.4 Å². The minimum Gasteiger partial charge on any atom is -0.466 e. The van der Waals surface area contributed by atoms with E-state index >= 15 is 0 Å². The normalized spacial score (nSPS) is 10.0. The lowest BCUT2D eigenvalue weighted by Gasteiger charge is -2.08. The minimum absolute atomic E-state index is 0.0227. The number of rotatable bonds is 11. The molecule has 1 heterocycles. The lowest BCUT2D eigenvalue weighted by molar-refractivity contribution is -0.143. The van der Waals surface area contributed by atoms with Crippen LogP contribution in [0.15, 0.2) is 5.11 Å². The number of azide groups is 1. The van der Waals surface area contributed by atoms with E-state index < -0.39 is 17.9 Å². The number of carbonyl (C=O) groups excluding carboxylic acids is 3. The van der Waals surface area contributed by atoms with E-state index in [1.807, 2.05) is 0 Å². The van der Waals surface area contributed by atoms with E-state index in [9.17, 15) is 14.4 Å². The molecular formula is C17H24N4O6. The van der Waals surface area contributed by atoms with Crippen molar-refractivity contribution in [2.75, 3.05) is 19.8 Å². The molecule has 148 valence electrons. The first kappa shape index (κ1) is 22.0. The van der Waals surface area contributed by atoms with Gasteiger partial charge in [0.1, 0.15) is 5.69 Å². The minimum atomic E-state index is -0.617. The number of H-pyrrole nitrogens is 1. The van der Waals surface area contributed by atoms with Gasteiger partial charge >= 0.3 is 17.9 Å². The lowest BCUT2D eigenvalue weighted by Crippen LogP contribution is -2.13. The first-order valence-corrected chi connectivity index (χ1v) is 8.70. The Morgan fingerprint density at radius 1 is 1.00 bits per heavy atom. The van der Waals surface area contributed by atoms with Crippen molar-refractivity contribution in [3.63, 3.8) is 0 Å². The molecular weight excluding hydrogens is 356 g/mol. The third-order valence-corrected chi connectivity index (χ3v) is 3.59. The third kappa shape index (κ3) is 6.67.